The van der Waals surface area contributed by atoms with Gasteiger partial charge in [0, 0.05) is 36.6 Å². The number of carbonyl (C=O) groups excluding carboxylic acids is 1. The molecule has 2 atom stereocenters. The Morgan fingerprint density at radius 1 is 1.05 bits per heavy atom. The van der Waals surface area contributed by atoms with Gasteiger partial charge in [-0.1, -0.05) is 18.2 Å². The van der Waals surface area contributed by atoms with Crippen molar-refractivity contribution in [3.8, 4) is 11.4 Å². The third kappa shape index (κ3) is 4.98. The first-order valence-corrected chi connectivity index (χ1v) is 12.6. The van der Waals surface area contributed by atoms with Crippen LogP contribution in [0.1, 0.15) is 29.0 Å². The topological polar surface area (TPSA) is 80.7 Å². The molecule has 1 aliphatic rings. The molecule has 194 valence electrons. The third-order valence-corrected chi connectivity index (χ3v) is 6.79. The van der Waals surface area contributed by atoms with Crippen molar-refractivity contribution in [1.82, 2.24) is 14.9 Å². The maximum atomic E-state index is 12.3. The average molecular weight is 528 g/mol. The Hall–Kier alpha value is -4.21. The largest absolute Gasteiger partial charge is 0.495 e. The van der Waals surface area contributed by atoms with Crippen molar-refractivity contribution in [3.05, 3.63) is 102 Å². The Balaban J connectivity index is 1.63. The molecule has 2 aromatic carbocycles. The second kappa shape index (κ2) is 11.0. The first-order chi connectivity index (χ1) is 18.5. The van der Waals surface area contributed by atoms with E-state index in [4.69, 9.17) is 21.7 Å². The molecular formula is C29H29N5O3S. The molecule has 2 unspecified atom stereocenters. The van der Waals surface area contributed by atoms with Gasteiger partial charge in [-0.3, -0.25) is 9.78 Å². The summed E-state index contributed by atoms with van der Waals surface area (Å²) in [6.07, 6.45) is 3.85. The number of benzene rings is 2. The van der Waals surface area contributed by atoms with Crippen LogP contribution in [0.15, 0.2) is 85.2 Å². The SMILES string of the molecule is COCC(=O)Nc1cc(N2C(=S)NC(c3ccccn3)C2c2cccn2-c2cccc(C)c2)ccc1OC. The smallest absolute Gasteiger partial charge is 0.250 e. The number of hydrogen-bond acceptors (Lipinski definition) is 5. The maximum absolute atomic E-state index is 12.3. The molecular weight excluding hydrogens is 498 g/mol. The van der Waals surface area contributed by atoms with Crippen molar-refractivity contribution in [2.24, 2.45) is 0 Å². The molecule has 1 aliphatic heterocycles. The van der Waals surface area contributed by atoms with Gasteiger partial charge in [-0.2, -0.15) is 0 Å². The van der Waals surface area contributed by atoms with Gasteiger partial charge in [0.1, 0.15) is 18.4 Å². The molecule has 1 amide bonds. The summed E-state index contributed by atoms with van der Waals surface area (Å²) in [4.78, 5) is 19.1. The molecule has 4 aromatic rings. The predicted molar refractivity (Wildman–Crippen MR) is 152 cm³/mol. The van der Waals surface area contributed by atoms with E-state index in [0.717, 1.165) is 22.8 Å². The van der Waals surface area contributed by atoms with Gasteiger partial charge >= 0.3 is 0 Å². The van der Waals surface area contributed by atoms with E-state index < -0.39 is 0 Å². The highest BCUT2D eigenvalue weighted by Crippen LogP contribution is 2.43. The van der Waals surface area contributed by atoms with Crippen molar-refractivity contribution in [2.45, 2.75) is 19.0 Å². The quantitative estimate of drug-likeness (QED) is 0.314. The van der Waals surface area contributed by atoms with E-state index in [2.05, 4.69) is 68.5 Å². The number of methoxy groups -OCH3 is 2. The minimum atomic E-state index is -0.277. The van der Waals surface area contributed by atoms with E-state index in [0.29, 0.717) is 16.5 Å². The van der Waals surface area contributed by atoms with Gasteiger partial charge in [0.05, 0.1) is 24.5 Å². The summed E-state index contributed by atoms with van der Waals surface area (Å²) in [7, 11) is 3.05. The van der Waals surface area contributed by atoms with Crippen LogP contribution in [0.3, 0.4) is 0 Å². The van der Waals surface area contributed by atoms with Gasteiger partial charge in [-0.25, -0.2) is 0 Å². The highest BCUT2D eigenvalue weighted by molar-refractivity contribution is 7.80. The van der Waals surface area contributed by atoms with Crippen molar-refractivity contribution in [2.75, 3.05) is 31.0 Å². The van der Waals surface area contributed by atoms with Crippen LogP contribution in [0.25, 0.3) is 5.69 Å². The number of aryl methyl sites for hydroxylation is 1. The minimum Gasteiger partial charge on any atom is -0.495 e. The van der Waals surface area contributed by atoms with Gasteiger partial charge in [0.2, 0.25) is 5.91 Å². The lowest BCUT2D eigenvalue weighted by atomic mass is 10.0. The fourth-order valence-electron chi connectivity index (χ4n) is 4.84. The molecule has 3 heterocycles. The summed E-state index contributed by atoms with van der Waals surface area (Å²) in [6.45, 7) is 2.02. The van der Waals surface area contributed by atoms with Crippen LogP contribution in [-0.2, 0) is 9.53 Å². The second-order valence-electron chi connectivity index (χ2n) is 9.00. The second-order valence-corrected chi connectivity index (χ2v) is 9.39. The zero-order chi connectivity index (χ0) is 26.6. The maximum Gasteiger partial charge on any atom is 0.250 e. The number of nitrogens with one attached hydrogen (secondary N) is 2. The lowest BCUT2D eigenvalue weighted by molar-refractivity contribution is -0.119. The van der Waals surface area contributed by atoms with Crippen LogP contribution in [0.5, 0.6) is 5.75 Å². The minimum absolute atomic E-state index is 0.0640. The van der Waals surface area contributed by atoms with E-state index in [1.165, 1.54) is 12.7 Å². The van der Waals surface area contributed by atoms with Crippen LogP contribution >= 0.6 is 12.2 Å². The van der Waals surface area contributed by atoms with Crippen LogP contribution in [0.4, 0.5) is 11.4 Å². The first-order valence-electron chi connectivity index (χ1n) is 12.2. The number of pyridine rings is 1. The lowest BCUT2D eigenvalue weighted by Crippen LogP contribution is -2.30. The highest BCUT2D eigenvalue weighted by atomic mass is 32.1. The summed E-state index contributed by atoms with van der Waals surface area (Å²) in [5.74, 6) is 0.263. The van der Waals surface area contributed by atoms with Crippen molar-refractivity contribution in [3.63, 3.8) is 0 Å². The molecule has 5 rings (SSSR count). The molecule has 0 saturated carbocycles. The van der Waals surface area contributed by atoms with Crippen LogP contribution in [0, 0.1) is 6.92 Å². The number of thiocarbonyl (C=S) groups is 1. The zero-order valence-corrected chi connectivity index (χ0v) is 22.2. The molecule has 0 radical (unpaired) electrons. The van der Waals surface area contributed by atoms with Gasteiger partial charge in [0.15, 0.2) is 5.11 Å². The van der Waals surface area contributed by atoms with E-state index in [-0.39, 0.29) is 24.6 Å². The number of anilines is 2. The van der Waals surface area contributed by atoms with Crippen LogP contribution < -0.4 is 20.3 Å². The number of rotatable bonds is 8. The van der Waals surface area contributed by atoms with Crippen LogP contribution in [-0.4, -0.2) is 41.4 Å². The normalized spacial score (nSPS) is 16.8. The third-order valence-electron chi connectivity index (χ3n) is 6.47. The van der Waals surface area contributed by atoms with Crippen molar-refractivity contribution >= 4 is 34.6 Å². The Morgan fingerprint density at radius 2 is 1.92 bits per heavy atom. The molecule has 9 heteroatoms. The monoisotopic (exact) mass is 527 g/mol. The van der Waals surface area contributed by atoms with Gasteiger partial charge < -0.3 is 29.6 Å². The standard InChI is InChI=1S/C29H29N5O3S/c1-19-8-6-9-20(16-19)33-15-7-11-24(33)28-27(22-10-4-5-14-30-22)32-29(38)34(28)21-12-13-25(37-3)23(17-21)31-26(35)18-36-2/h4-17,27-28H,18H2,1-3H3,(H,31,35)(H,32,38). The van der Waals surface area contributed by atoms with Crippen molar-refractivity contribution in [1.29, 1.82) is 0 Å². The Labute approximate surface area is 227 Å². The number of hydrogen-bond donors (Lipinski definition) is 2. The average Bonchev–Trinajstić information content (AvgIpc) is 3.53. The molecule has 1 fully saturated rings. The summed E-state index contributed by atoms with van der Waals surface area (Å²) in [6, 6.07) is 23.6. The highest BCUT2D eigenvalue weighted by Gasteiger charge is 2.42. The molecule has 38 heavy (non-hydrogen) atoms. The molecule has 2 aromatic heterocycles. The lowest BCUT2D eigenvalue weighted by Gasteiger charge is -2.29. The van der Waals surface area contributed by atoms with Gasteiger partial charge in [-0.15, -0.1) is 0 Å². The number of nitrogens with zero attached hydrogens (tertiary/aromatic N) is 3. The van der Waals surface area contributed by atoms with E-state index in [1.807, 2.05) is 42.5 Å². The Morgan fingerprint density at radius 3 is 2.66 bits per heavy atom. The molecule has 0 spiro atoms. The first kappa shape index (κ1) is 25.4. The van der Waals surface area contributed by atoms with E-state index >= 15 is 0 Å². The number of amides is 1. The Kier molecular flexibility index (Phi) is 7.39. The fraction of sp³-hybridized carbons (Fsp3) is 0.207. The molecule has 2 N–H and O–H groups in total. The molecule has 0 bridgehead atoms. The number of aromatic nitrogens is 2. The summed E-state index contributed by atoms with van der Waals surface area (Å²) in [5, 5.41) is 6.94. The fourth-order valence-corrected chi connectivity index (χ4v) is 5.19. The molecule has 0 aliphatic carbocycles. The van der Waals surface area contributed by atoms with E-state index in [9.17, 15) is 4.79 Å². The summed E-state index contributed by atoms with van der Waals surface area (Å²) >= 11 is 5.90. The van der Waals surface area contributed by atoms with E-state index in [1.54, 1.807) is 13.3 Å². The summed E-state index contributed by atoms with van der Waals surface area (Å²) in [5.41, 5.74) is 5.48. The van der Waals surface area contributed by atoms with Gasteiger partial charge in [-0.05, 0) is 79.3 Å². The zero-order valence-electron chi connectivity index (χ0n) is 21.4. The van der Waals surface area contributed by atoms with Crippen LogP contribution in [0.2, 0.25) is 0 Å². The molecule has 1 saturated heterocycles. The van der Waals surface area contributed by atoms with Crippen molar-refractivity contribution < 1.29 is 14.3 Å². The number of carbonyl (C=O) groups is 1. The number of ether oxygens (including phenoxy) is 2. The Bertz CT molecular complexity index is 1460. The van der Waals surface area contributed by atoms with Gasteiger partial charge in [0.25, 0.3) is 0 Å². The summed E-state index contributed by atoms with van der Waals surface area (Å²) < 4.78 is 12.7. The predicted octanol–water partition coefficient (Wildman–Crippen LogP) is 4.95. The molecule has 8 nitrogen and oxygen atoms in total.